The summed E-state index contributed by atoms with van der Waals surface area (Å²) in [7, 11) is 0. The SMILES string of the molecule is Cc1cc(C)n(-c2ccc(C(=O)N3CCC(CN)C3)cn2)n1.Cl.Cl. The van der Waals surface area contributed by atoms with Crippen LogP contribution < -0.4 is 5.73 Å². The Bertz CT molecular complexity index is 686. The van der Waals surface area contributed by atoms with Gasteiger partial charge in [0.1, 0.15) is 0 Å². The highest BCUT2D eigenvalue weighted by Crippen LogP contribution is 2.18. The molecule has 3 rings (SSSR count). The summed E-state index contributed by atoms with van der Waals surface area (Å²) >= 11 is 0. The molecule has 1 saturated heterocycles. The normalized spacial score (nSPS) is 16.5. The fourth-order valence-corrected chi connectivity index (χ4v) is 2.89. The molecule has 1 atom stereocenters. The molecule has 1 unspecified atom stereocenters. The summed E-state index contributed by atoms with van der Waals surface area (Å²) in [6, 6.07) is 5.65. The van der Waals surface area contributed by atoms with Crippen molar-refractivity contribution in [3.63, 3.8) is 0 Å². The maximum absolute atomic E-state index is 12.4. The van der Waals surface area contributed by atoms with Crippen molar-refractivity contribution >= 4 is 30.7 Å². The maximum Gasteiger partial charge on any atom is 0.255 e. The molecule has 0 bridgehead atoms. The number of hydrogen-bond acceptors (Lipinski definition) is 4. The summed E-state index contributed by atoms with van der Waals surface area (Å²) in [6.45, 7) is 6.09. The summed E-state index contributed by atoms with van der Waals surface area (Å²) in [5, 5.41) is 4.40. The first kappa shape index (κ1) is 20.4. The molecule has 0 saturated carbocycles. The van der Waals surface area contributed by atoms with Gasteiger partial charge in [-0.1, -0.05) is 0 Å². The first-order valence-corrected chi connectivity index (χ1v) is 7.57. The molecular formula is C16H23Cl2N5O. The van der Waals surface area contributed by atoms with Crippen LogP contribution in [-0.4, -0.2) is 45.2 Å². The van der Waals surface area contributed by atoms with E-state index < -0.39 is 0 Å². The van der Waals surface area contributed by atoms with Gasteiger partial charge < -0.3 is 10.6 Å². The summed E-state index contributed by atoms with van der Waals surface area (Å²) in [5.41, 5.74) is 8.26. The van der Waals surface area contributed by atoms with Crippen LogP contribution in [0.25, 0.3) is 5.82 Å². The Morgan fingerprint density at radius 3 is 2.58 bits per heavy atom. The van der Waals surface area contributed by atoms with Crippen LogP contribution in [0.15, 0.2) is 24.4 Å². The standard InChI is InChI=1S/C16H21N5O.2ClH/c1-11-7-12(2)21(19-11)15-4-3-14(9-18-15)16(22)20-6-5-13(8-17)10-20;;/h3-4,7,9,13H,5-6,8,10,17H2,1-2H3;2*1H. The van der Waals surface area contributed by atoms with Gasteiger partial charge in [-0.05, 0) is 50.9 Å². The fraction of sp³-hybridized carbons (Fsp3) is 0.438. The van der Waals surface area contributed by atoms with Gasteiger partial charge >= 0.3 is 0 Å². The molecule has 1 aliphatic heterocycles. The molecule has 0 radical (unpaired) electrons. The van der Waals surface area contributed by atoms with Crippen molar-refractivity contribution in [3.05, 3.63) is 41.3 Å². The maximum atomic E-state index is 12.4. The van der Waals surface area contributed by atoms with E-state index in [2.05, 4.69) is 10.1 Å². The van der Waals surface area contributed by atoms with Crippen LogP contribution in [0.1, 0.15) is 28.2 Å². The van der Waals surface area contributed by atoms with Crippen LogP contribution >= 0.6 is 24.8 Å². The first-order chi connectivity index (χ1) is 10.6. The molecule has 132 valence electrons. The predicted molar refractivity (Wildman–Crippen MR) is 98.4 cm³/mol. The molecule has 2 aromatic rings. The second-order valence-corrected chi connectivity index (χ2v) is 5.89. The number of hydrogen-bond donors (Lipinski definition) is 1. The number of nitrogens with zero attached hydrogens (tertiary/aromatic N) is 4. The van der Waals surface area contributed by atoms with E-state index in [4.69, 9.17) is 5.73 Å². The minimum absolute atomic E-state index is 0. The van der Waals surface area contributed by atoms with Crippen molar-refractivity contribution in [2.24, 2.45) is 11.7 Å². The molecule has 1 aliphatic rings. The lowest BCUT2D eigenvalue weighted by Crippen LogP contribution is -2.30. The van der Waals surface area contributed by atoms with Gasteiger partial charge in [0.05, 0.1) is 11.3 Å². The zero-order valence-corrected chi connectivity index (χ0v) is 15.4. The third-order valence-electron chi connectivity index (χ3n) is 4.13. The third-order valence-corrected chi connectivity index (χ3v) is 4.13. The van der Waals surface area contributed by atoms with Gasteiger partial charge in [0, 0.05) is 25.0 Å². The van der Waals surface area contributed by atoms with Gasteiger partial charge in [-0.15, -0.1) is 24.8 Å². The molecule has 2 N–H and O–H groups in total. The summed E-state index contributed by atoms with van der Waals surface area (Å²) in [6.07, 6.45) is 2.61. The van der Waals surface area contributed by atoms with Crippen molar-refractivity contribution in [1.82, 2.24) is 19.7 Å². The Balaban J connectivity index is 0.00000144. The number of likely N-dealkylation sites (tertiary alicyclic amines) is 1. The number of aryl methyl sites for hydroxylation is 2. The molecular weight excluding hydrogens is 349 g/mol. The number of pyridine rings is 1. The number of aromatic nitrogens is 3. The minimum Gasteiger partial charge on any atom is -0.338 e. The highest BCUT2D eigenvalue weighted by Gasteiger charge is 2.26. The Labute approximate surface area is 154 Å². The van der Waals surface area contributed by atoms with Gasteiger partial charge in [-0.25, -0.2) is 9.67 Å². The lowest BCUT2D eigenvalue weighted by molar-refractivity contribution is 0.0787. The van der Waals surface area contributed by atoms with Crippen molar-refractivity contribution in [2.75, 3.05) is 19.6 Å². The number of amides is 1. The third kappa shape index (κ3) is 4.06. The quantitative estimate of drug-likeness (QED) is 0.896. The number of nitrogens with two attached hydrogens (primary N) is 1. The number of carbonyl (C=O) groups excluding carboxylic acids is 1. The average molecular weight is 372 g/mol. The van der Waals surface area contributed by atoms with E-state index in [1.807, 2.05) is 36.9 Å². The lowest BCUT2D eigenvalue weighted by Gasteiger charge is -2.16. The van der Waals surface area contributed by atoms with Gasteiger partial charge in [0.25, 0.3) is 5.91 Å². The highest BCUT2D eigenvalue weighted by atomic mass is 35.5. The molecule has 1 amide bonds. The van der Waals surface area contributed by atoms with Crippen LogP contribution in [0.5, 0.6) is 0 Å². The molecule has 0 aromatic carbocycles. The predicted octanol–water partition coefficient (Wildman–Crippen LogP) is 2.15. The molecule has 3 heterocycles. The van der Waals surface area contributed by atoms with Crippen molar-refractivity contribution in [2.45, 2.75) is 20.3 Å². The number of carbonyl (C=O) groups is 1. The molecule has 8 heteroatoms. The molecule has 1 fully saturated rings. The number of rotatable bonds is 3. The number of halogens is 2. The molecule has 0 aliphatic carbocycles. The molecule has 0 spiro atoms. The smallest absolute Gasteiger partial charge is 0.255 e. The van der Waals surface area contributed by atoms with Crippen molar-refractivity contribution in [1.29, 1.82) is 0 Å². The van der Waals surface area contributed by atoms with E-state index in [9.17, 15) is 4.79 Å². The fourth-order valence-electron chi connectivity index (χ4n) is 2.89. The van der Waals surface area contributed by atoms with Crippen LogP contribution in [0.3, 0.4) is 0 Å². The zero-order chi connectivity index (χ0) is 15.7. The van der Waals surface area contributed by atoms with E-state index in [1.54, 1.807) is 10.9 Å². The van der Waals surface area contributed by atoms with Gasteiger partial charge in [0.15, 0.2) is 5.82 Å². The second-order valence-electron chi connectivity index (χ2n) is 5.89. The second kappa shape index (κ2) is 8.46. The largest absolute Gasteiger partial charge is 0.338 e. The lowest BCUT2D eigenvalue weighted by atomic mass is 10.1. The van der Waals surface area contributed by atoms with E-state index in [0.717, 1.165) is 36.7 Å². The molecule has 6 nitrogen and oxygen atoms in total. The van der Waals surface area contributed by atoms with E-state index >= 15 is 0 Å². The first-order valence-electron chi connectivity index (χ1n) is 7.57. The van der Waals surface area contributed by atoms with E-state index in [0.29, 0.717) is 18.0 Å². The zero-order valence-electron chi connectivity index (χ0n) is 13.8. The monoisotopic (exact) mass is 371 g/mol. The average Bonchev–Trinajstić information content (AvgIpc) is 3.13. The van der Waals surface area contributed by atoms with Crippen molar-refractivity contribution < 1.29 is 4.79 Å². The molecule has 24 heavy (non-hydrogen) atoms. The van der Waals surface area contributed by atoms with E-state index in [-0.39, 0.29) is 30.7 Å². The van der Waals surface area contributed by atoms with Gasteiger partial charge in [-0.2, -0.15) is 5.10 Å². The van der Waals surface area contributed by atoms with Crippen LogP contribution in [0.4, 0.5) is 0 Å². The van der Waals surface area contributed by atoms with Crippen LogP contribution in [0, 0.1) is 19.8 Å². The van der Waals surface area contributed by atoms with Crippen LogP contribution in [0.2, 0.25) is 0 Å². The Kier molecular flexibility index (Phi) is 7.20. The van der Waals surface area contributed by atoms with Crippen molar-refractivity contribution in [3.8, 4) is 5.82 Å². The van der Waals surface area contributed by atoms with Gasteiger partial charge in [-0.3, -0.25) is 4.79 Å². The highest BCUT2D eigenvalue weighted by molar-refractivity contribution is 5.94. The minimum atomic E-state index is 0. The van der Waals surface area contributed by atoms with Gasteiger partial charge in [0.2, 0.25) is 0 Å². The Morgan fingerprint density at radius 2 is 2.08 bits per heavy atom. The van der Waals surface area contributed by atoms with Crippen LogP contribution in [-0.2, 0) is 0 Å². The summed E-state index contributed by atoms with van der Waals surface area (Å²) < 4.78 is 1.78. The summed E-state index contributed by atoms with van der Waals surface area (Å²) in [4.78, 5) is 18.7. The Hall–Kier alpha value is -1.63. The molecule has 2 aromatic heterocycles. The summed E-state index contributed by atoms with van der Waals surface area (Å²) in [5.74, 6) is 1.18. The van der Waals surface area contributed by atoms with E-state index in [1.165, 1.54) is 0 Å². The topological polar surface area (TPSA) is 77.0 Å². The Morgan fingerprint density at radius 1 is 1.33 bits per heavy atom.